The number of hydrazine groups is 1. The number of hydrogen-bond acceptors (Lipinski definition) is 5. The third-order valence-electron chi connectivity index (χ3n) is 3.28. The Hall–Kier alpha value is -3.17. The van der Waals surface area contributed by atoms with Gasteiger partial charge < -0.3 is 5.11 Å². The van der Waals surface area contributed by atoms with E-state index < -0.39 is 21.8 Å². The number of amides is 2. The third kappa shape index (κ3) is 4.68. The van der Waals surface area contributed by atoms with Gasteiger partial charge in [0.2, 0.25) is 10.0 Å². The highest BCUT2D eigenvalue weighted by atomic mass is 32.2. The molecule has 0 unspecified atom stereocenters. The summed E-state index contributed by atoms with van der Waals surface area (Å²) in [6.07, 6.45) is 1.41. The van der Waals surface area contributed by atoms with E-state index in [-0.39, 0.29) is 28.3 Å². The van der Waals surface area contributed by atoms with Crippen LogP contribution >= 0.6 is 0 Å². The Morgan fingerprint density at radius 1 is 1.00 bits per heavy atom. The zero-order chi connectivity index (χ0) is 19.2. The van der Waals surface area contributed by atoms with Crippen molar-refractivity contribution in [2.24, 2.45) is 0 Å². The molecule has 0 aromatic heterocycles. The first-order chi connectivity index (χ1) is 12.3. The Morgan fingerprint density at radius 2 is 1.62 bits per heavy atom. The zero-order valence-corrected chi connectivity index (χ0v) is 14.4. The van der Waals surface area contributed by atoms with Gasteiger partial charge in [0, 0.05) is 12.1 Å². The van der Waals surface area contributed by atoms with Gasteiger partial charge in [0.25, 0.3) is 11.8 Å². The first-order valence-electron chi connectivity index (χ1n) is 7.44. The van der Waals surface area contributed by atoms with Gasteiger partial charge in [-0.1, -0.05) is 18.2 Å². The number of para-hydroxylation sites is 1. The van der Waals surface area contributed by atoms with Crippen molar-refractivity contribution in [3.05, 3.63) is 72.3 Å². The summed E-state index contributed by atoms with van der Waals surface area (Å²) >= 11 is 0. The summed E-state index contributed by atoms with van der Waals surface area (Å²) in [6.45, 7) is 3.51. The molecule has 9 heteroatoms. The van der Waals surface area contributed by atoms with Crippen molar-refractivity contribution < 1.29 is 23.1 Å². The molecule has 136 valence electrons. The van der Waals surface area contributed by atoms with Crippen LogP contribution in [-0.2, 0) is 10.0 Å². The summed E-state index contributed by atoms with van der Waals surface area (Å²) in [6, 6.07) is 11.0. The maximum Gasteiger partial charge on any atom is 0.273 e. The quantitative estimate of drug-likeness (QED) is 0.442. The number of phenolic OH excluding ortho intramolecular Hbond substituents is 1. The van der Waals surface area contributed by atoms with Crippen molar-refractivity contribution in [2.75, 3.05) is 6.54 Å². The van der Waals surface area contributed by atoms with Gasteiger partial charge in [0.1, 0.15) is 5.75 Å². The van der Waals surface area contributed by atoms with Crippen molar-refractivity contribution in [2.45, 2.75) is 4.90 Å². The molecule has 2 amide bonds. The van der Waals surface area contributed by atoms with Crippen LogP contribution in [0.15, 0.2) is 66.1 Å². The maximum atomic E-state index is 12.0. The maximum absolute atomic E-state index is 12.0. The molecule has 8 nitrogen and oxygen atoms in total. The van der Waals surface area contributed by atoms with E-state index >= 15 is 0 Å². The summed E-state index contributed by atoms with van der Waals surface area (Å²) in [5.74, 6) is -1.55. The van der Waals surface area contributed by atoms with Gasteiger partial charge in [-0.15, -0.1) is 6.58 Å². The van der Waals surface area contributed by atoms with Crippen molar-refractivity contribution in [3.8, 4) is 5.75 Å². The predicted molar refractivity (Wildman–Crippen MR) is 94.9 cm³/mol. The minimum Gasteiger partial charge on any atom is -0.507 e. The standard InChI is InChI=1S/C17H17N3O5S/c1-2-11-18-26(24,25)13-9-7-12(8-10-13)16(22)19-20-17(23)14-5-3-4-6-15(14)21/h2-10,18,21H,1,11H2,(H,19,22)(H,20,23). The number of rotatable bonds is 6. The van der Waals surface area contributed by atoms with Crippen LogP contribution in [0, 0.1) is 0 Å². The Morgan fingerprint density at radius 3 is 2.23 bits per heavy atom. The van der Waals surface area contributed by atoms with Crippen molar-refractivity contribution in [3.63, 3.8) is 0 Å². The molecule has 0 saturated heterocycles. The lowest BCUT2D eigenvalue weighted by atomic mass is 10.2. The third-order valence-corrected chi connectivity index (χ3v) is 4.72. The Bertz CT molecular complexity index is 924. The molecule has 2 aromatic carbocycles. The van der Waals surface area contributed by atoms with Crippen LogP contribution in [0.1, 0.15) is 20.7 Å². The van der Waals surface area contributed by atoms with Crippen molar-refractivity contribution in [1.29, 1.82) is 0 Å². The summed E-state index contributed by atoms with van der Waals surface area (Å²) in [5.41, 5.74) is 4.51. The molecule has 0 heterocycles. The molecular formula is C17H17N3O5S. The first-order valence-corrected chi connectivity index (χ1v) is 8.93. The molecule has 0 saturated carbocycles. The Balaban J connectivity index is 2.01. The highest BCUT2D eigenvalue weighted by molar-refractivity contribution is 7.89. The van der Waals surface area contributed by atoms with Crippen LogP contribution in [-0.4, -0.2) is 31.9 Å². The fourth-order valence-electron chi connectivity index (χ4n) is 1.96. The molecule has 0 aliphatic rings. The van der Waals surface area contributed by atoms with Crippen molar-refractivity contribution in [1.82, 2.24) is 15.6 Å². The fraction of sp³-hybridized carbons (Fsp3) is 0.0588. The number of sulfonamides is 1. The number of nitrogens with one attached hydrogen (secondary N) is 3. The summed E-state index contributed by atoms with van der Waals surface area (Å²) < 4.78 is 26.2. The highest BCUT2D eigenvalue weighted by Gasteiger charge is 2.15. The lowest BCUT2D eigenvalue weighted by Gasteiger charge is -2.09. The fourth-order valence-corrected chi connectivity index (χ4v) is 2.95. The van der Waals surface area contributed by atoms with Gasteiger partial charge in [-0.3, -0.25) is 20.4 Å². The van der Waals surface area contributed by atoms with Crippen LogP contribution in [0.5, 0.6) is 5.75 Å². The Kier molecular flexibility index (Phi) is 6.10. The molecule has 0 aliphatic heterocycles. The normalized spacial score (nSPS) is 10.8. The molecule has 0 aliphatic carbocycles. The number of carbonyl (C=O) groups is 2. The molecule has 0 radical (unpaired) electrons. The second-order valence-electron chi connectivity index (χ2n) is 5.09. The predicted octanol–water partition coefficient (Wildman–Crippen LogP) is 0.931. The van der Waals surface area contributed by atoms with E-state index in [1.165, 1.54) is 42.5 Å². The summed E-state index contributed by atoms with van der Waals surface area (Å²) in [7, 11) is -3.68. The van der Waals surface area contributed by atoms with E-state index in [2.05, 4.69) is 22.2 Å². The van der Waals surface area contributed by atoms with E-state index in [9.17, 15) is 23.1 Å². The monoisotopic (exact) mass is 375 g/mol. The smallest absolute Gasteiger partial charge is 0.273 e. The van der Waals surface area contributed by atoms with E-state index in [0.717, 1.165) is 0 Å². The SMILES string of the molecule is C=CCNS(=O)(=O)c1ccc(C(=O)NNC(=O)c2ccccc2O)cc1. The van der Waals surface area contributed by atoms with Crippen LogP contribution in [0.3, 0.4) is 0 Å². The number of hydrogen-bond donors (Lipinski definition) is 4. The zero-order valence-electron chi connectivity index (χ0n) is 13.6. The van der Waals surface area contributed by atoms with E-state index in [0.29, 0.717) is 0 Å². The topological polar surface area (TPSA) is 125 Å². The summed E-state index contributed by atoms with van der Waals surface area (Å²) in [5, 5.41) is 9.59. The van der Waals surface area contributed by atoms with Crippen molar-refractivity contribution >= 4 is 21.8 Å². The second kappa shape index (κ2) is 8.28. The molecule has 26 heavy (non-hydrogen) atoms. The van der Waals surface area contributed by atoms with Gasteiger partial charge in [-0.25, -0.2) is 13.1 Å². The number of phenols is 1. The average Bonchev–Trinajstić information content (AvgIpc) is 2.64. The Labute approximate surface area is 150 Å². The van der Waals surface area contributed by atoms with Crippen LogP contribution in [0.2, 0.25) is 0 Å². The molecule has 0 fully saturated rings. The molecule has 4 N–H and O–H groups in total. The van der Waals surface area contributed by atoms with Crippen LogP contribution < -0.4 is 15.6 Å². The first kappa shape index (κ1) is 19.2. The van der Waals surface area contributed by atoms with Crippen LogP contribution in [0.25, 0.3) is 0 Å². The number of aromatic hydroxyl groups is 1. The van der Waals surface area contributed by atoms with Gasteiger partial charge in [0.15, 0.2) is 0 Å². The van der Waals surface area contributed by atoms with Crippen LogP contribution in [0.4, 0.5) is 0 Å². The minimum atomic E-state index is -3.68. The molecular weight excluding hydrogens is 358 g/mol. The highest BCUT2D eigenvalue weighted by Crippen LogP contribution is 2.15. The second-order valence-corrected chi connectivity index (χ2v) is 6.86. The van der Waals surface area contributed by atoms with Gasteiger partial charge in [0.05, 0.1) is 10.5 Å². The molecule has 2 aromatic rings. The largest absolute Gasteiger partial charge is 0.507 e. The molecule has 2 rings (SSSR count). The van der Waals surface area contributed by atoms with E-state index in [4.69, 9.17) is 0 Å². The van der Waals surface area contributed by atoms with E-state index in [1.807, 2.05) is 0 Å². The molecule has 0 atom stereocenters. The van der Waals surface area contributed by atoms with Gasteiger partial charge in [-0.2, -0.15) is 0 Å². The number of benzene rings is 2. The average molecular weight is 375 g/mol. The lowest BCUT2D eigenvalue weighted by molar-refractivity contribution is 0.0845. The molecule has 0 spiro atoms. The van der Waals surface area contributed by atoms with E-state index in [1.54, 1.807) is 12.1 Å². The van der Waals surface area contributed by atoms with Gasteiger partial charge >= 0.3 is 0 Å². The lowest BCUT2D eigenvalue weighted by Crippen LogP contribution is -2.41. The summed E-state index contributed by atoms with van der Waals surface area (Å²) in [4.78, 5) is 23.9. The number of carbonyl (C=O) groups excluding carboxylic acids is 2. The minimum absolute atomic E-state index is 0.00235. The molecule has 0 bridgehead atoms. The van der Waals surface area contributed by atoms with Gasteiger partial charge in [-0.05, 0) is 36.4 Å².